The third-order valence-corrected chi connectivity index (χ3v) is 4.03. The molecule has 1 heterocycles. The predicted molar refractivity (Wildman–Crippen MR) is 56.3 cm³/mol. The summed E-state index contributed by atoms with van der Waals surface area (Å²) in [4.78, 5) is 35.1. The third-order valence-electron chi connectivity index (χ3n) is 4.03. The van der Waals surface area contributed by atoms with Crippen molar-refractivity contribution in [3.8, 4) is 0 Å². The first-order valence-corrected chi connectivity index (χ1v) is 5.66. The quantitative estimate of drug-likeness (QED) is 0.377. The average Bonchev–Trinajstić information content (AvgIpc) is 2.15. The van der Waals surface area contributed by atoms with E-state index in [2.05, 4.69) is 10.6 Å². The fourth-order valence-corrected chi connectivity index (χ4v) is 3.11. The Labute approximate surface area is 122 Å². The molecule has 17 heavy (non-hydrogen) atoms. The van der Waals surface area contributed by atoms with Crippen LogP contribution in [0, 0.1) is 17.3 Å². The van der Waals surface area contributed by atoms with Gasteiger partial charge in [-0.25, -0.2) is 4.79 Å². The predicted octanol–water partition coefficient (Wildman–Crippen LogP) is -2.20. The van der Waals surface area contributed by atoms with Crippen LogP contribution in [0.3, 0.4) is 0 Å². The summed E-state index contributed by atoms with van der Waals surface area (Å²) in [6.07, 6.45) is 2.72. The summed E-state index contributed by atoms with van der Waals surface area (Å²) in [5.74, 6) is -0.907. The van der Waals surface area contributed by atoms with Crippen molar-refractivity contribution in [3.63, 3.8) is 0 Å². The minimum atomic E-state index is -1.05. The van der Waals surface area contributed by atoms with Crippen LogP contribution in [0.15, 0.2) is 0 Å². The van der Waals surface area contributed by atoms with E-state index in [-0.39, 0.29) is 41.4 Å². The molecule has 5 nitrogen and oxygen atoms in total. The molecule has 2 fully saturated rings. The minimum Gasteiger partial charge on any atom is -0.277 e. The van der Waals surface area contributed by atoms with Gasteiger partial charge in [-0.1, -0.05) is 20.3 Å². The van der Waals surface area contributed by atoms with Gasteiger partial charge in [-0.3, -0.25) is 20.2 Å². The first-order valence-electron chi connectivity index (χ1n) is 5.66. The van der Waals surface area contributed by atoms with E-state index in [1.807, 2.05) is 13.8 Å². The Kier molecular flexibility index (Phi) is 4.38. The fourth-order valence-electron chi connectivity index (χ4n) is 3.11. The SMILES string of the molecule is CC1CCCC(C)C12C(=O)NC(=O)NC2=O.[Na+]. The van der Waals surface area contributed by atoms with Gasteiger partial charge in [0.1, 0.15) is 5.41 Å². The van der Waals surface area contributed by atoms with Crippen molar-refractivity contribution in [1.82, 2.24) is 10.6 Å². The van der Waals surface area contributed by atoms with E-state index in [0.29, 0.717) is 0 Å². The second-order valence-corrected chi connectivity index (χ2v) is 4.84. The molecule has 1 aliphatic carbocycles. The van der Waals surface area contributed by atoms with Gasteiger partial charge in [-0.05, 0) is 24.7 Å². The topological polar surface area (TPSA) is 75.3 Å². The molecule has 0 radical (unpaired) electrons. The van der Waals surface area contributed by atoms with Crippen molar-refractivity contribution in [2.45, 2.75) is 33.1 Å². The van der Waals surface area contributed by atoms with Crippen LogP contribution in [-0.4, -0.2) is 17.8 Å². The Morgan fingerprint density at radius 3 is 1.82 bits per heavy atom. The molecule has 0 aromatic heterocycles. The van der Waals surface area contributed by atoms with Crippen molar-refractivity contribution in [2.75, 3.05) is 0 Å². The van der Waals surface area contributed by atoms with Crippen LogP contribution < -0.4 is 40.2 Å². The van der Waals surface area contributed by atoms with Crippen LogP contribution in [0.5, 0.6) is 0 Å². The van der Waals surface area contributed by atoms with E-state index in [9.17, 15) is 14.4 Å². The summed E-state index contributed by atoms with van der Waals surface area (Å²) >= 11 is 0. The zero-order chi connectivity index (χ0) is 11.9. The monoisotopic (exact) mass is 247 g/mol. The van der Waals surface area contributed by atoms with Gasteiger partial charge >= 0.3 is 35.6 Å². The Morgan fingerprint density at radius 2 is 1.41 bits per heavy atom. The number of amides is 4. The molecule has 1 saturated carbocycles. The number of nitrogens with one attached hydrogen (secondary N) is 2. The van der Waals surface area contributed by atoms with Crippen LogP contribution in [0.2, 0.25) is 0 Å². The second-order valence-electron chi connectivity index (χ2n) is 4.84. The van der Waals surface area contributed by atoms with E-state index >= 15 is 0 Å². The van der Waals surface area contributed by atoms with E-state index in [1.165, 1.54) is 0 Å². The molecule has 2 atom stereocenters. The zero-order valence-corrected chi connectivity index (χ0v) is 12.5. The molecule has 1 spiro atoms. The number of carbonyl (C=O) groups is 3. The van der Waals surface area contributed by atoms with Gasteiger partial charge in [0, 0.05) is 0 Å². The number of barbiturate groups is 1. The molecular weight excluding hydrogens is 231 g/mol. The molecule has 2 unspecified atom stereocenters. The molecule has 1 saturated heterocycles. The van der Waals surface area contributed by atoms with E-state index < -0.39 is 23.3 Å². The Balaban J connectivity index is 0.00000144. The molecule has 0 aromatic carbocycles. The smallest absolute Gasteiger partial charge is 0.277 e. The molecule has 0 bridgehead atoms. The van der Waals surface area contributed by atoms with Gasteiger partial charge in [0.25, 0.3) is 0 Å². The Hall–Kier alpha value is -0.390. The fraction of sp³-hybridized carbons (Fsp3) is 0.727. The average molecular weight is 247 g/mol. The Morgan fingerprint density at radius 1 is 1.00 bits per heavy atom. The third kappa shape index (κ3) is 2.04. The van der Waals surface area contributed by atoms with Crippen LogP contribution in [0.4, 0.5) is 4.79 Å². The Bertz CT molecular complexity index is 338. The number of hydrogen-bond donors (Lipinski definition) is 2. The second kappa shape index (κ2) is 5.08. The standard InChI is InChI=1S/C11H16N2O3.Na/c1-6-4-3-5-7(2)11(6)8(14)12-10(16)13-9(11)15;/h6-7H,3-5H2,1-2H3,(H2,12,13,14,15,16);/q;+1. The van der Waals surface area contributed by atoms with E-state index in [1.54, 1.807) is 0 Å². The summed E-state index contributed by atoms with van der Waals surface area (Å²) in [5.41, 5.74) is -1.05. The minimum absolute atomic E-state index is 0. The number of urea groups is 1. The van der Waals surface area contributed by atoms with Crippen molar-refractivity contribution in [2.24, 2.45) is 17.3 Å². The largest absolute Gasteiger partial charge is 1.00 e. The maximum Gasteiger partial charge on any atom is 1.00 e. The van der Waals surface area contributed by atoms with Crippen molar-refractivity contribution >= 4 is 17.8 Å². The zero-order valence-electron chi connectivity index (χ0n) is 10.5. The van der Waals surface area contributed by atoms with Gasteiger partial charge in [0.2, 0.25) is 11.8 Å². The van der Waals surface area contributed by atoms with Gasteiger partial charge in [-0.15, -0.1) is 0 Å². The number of rotatable bonds is 0. The summed E-state index contributed by atoms with van der Waals surface area (Å²) in [5, 5.41) is 4.44. The van der Waals surface area contributed by atoms with Crippen molar-refractivity contribution in [3.05, 3.63) is 0 Å². The summed E-state index contributed by atoms with van der Waals surface area (Å²) in [6, 6.07) is -0.703. The first-order chi connectivity index (χ1) is 7.49. The van der Waals surface area contributed by atoms with Gasteiger partial charge < -0.3 is 0 Å². The molecule has 0 aromatic rings. The van der Waals surface area contributed by atoms with Gasteiger partial charge in [0.15, 0.2) is 0 Å². The normalized spacial score (nSPS) is 31.5. The van der Waals surface area contributed by atoms with Crippen molar-refractivity contribution in [1.29, 1.82) is 0 Å². The van der Waals surface area contributed by atoms with E-state index in [0.717, 1.165) is 19.3 Å². The number of carbonyl (C=O) groups excluding carboxylic acids is 3. The molecule has 4 amide bonds. The van der Waals surface area contributed by atoms with Crippen LogP contribution in [-0.2, 0) is 9.59 Å². The summed E-state index contributed by atoms with van der Waals surface area (Å²) < 4.78 is 0. The van der Waals surface area contributed by atoms with Crippen LogP contribution in [0.25, 0.3) is 0 Å². The first kappa shape index (κ1) is 14.7. The maximum absolute atomic E-state index is 12.0. The van der Waals surface area contributed by atoms with Crippen LogP contribution >= 0.6 is 0 Å². The van der Waals surface area contributed by atoms with Gasteiger partial charge in [-0.2, -0.15) is 0 Å². The number of imide groups is 2. The molecule has 2 rings (SSSR count). The van der Waals surface area contributed by atoms with Gasteiger partial charge in [0.05, 0.1) is 0 Å². The van der Waals surface area contributed by atoms with E-state index in [4.69, 9.17) is 0 Å². The van der Waals surface area contributed by atoms with Crippen molar-refractivity contribution < 1.29 is 43.9 Å². The summed E-state index contributed by atoms with van der Waals surface area (Å²) in [7, 11) is 0. The maximum atomic E-state index is 12.0. The molecule has 1 aliphatic heterocycles. The molecule has 88 valence electrons. The molecular formula is C11H16N2NaO3+. The molecule has 2 aliphatic rings. The van der Waals surface area contributed by atoms with Crippen LogP contribution in [0.1, 0.15) is 33.1 Å². The summed E-state index contributed by atoms with van der Waals surface area (Å²) in [6.45, 7) is 3.81. The number of hydrogen-bond acceptors (Lipinski definition) is 3. The molecule has 2 N–H and O–H groups in total. The molecule has 6 heteroatoms.